The van der Waals surface area contributed by atoms with E-state index in [-0.39, 0.29) is 5.69 Å². The zero-order valence-electron chi connectivity index (χ0n) is 10.3. The molecule has 2 N–H and O–H groups in total. The summed E-state index contributed by atoms with van der Waals surface area (Å²) in [7, 11) is 0. The second kappa shape index (κ2) is 4.59. The quantitative estimate of drug-likeness (QED) is 0.857. The van der Waals surface area contributed by atoms with Crippen molar-refractivity contribution >= 4 is 11.7 Å². The van der Waals surface area contributed by atoms with Gasteiger partial charge >= 0.3 is 5.97 Å². The van der Waals surface area contributed by atoms with E-state index in [1.165, 1.54) is 31.9 Å². The Morgan fingerprint density at radius 3 is 3.00 bits per heavy atom. The number of hydrogen-bond acceptors (Lipinski definition) is 3. The van der Waals surface area contributed by atoms with Gasteiger partial charge in [0.15, 0.2) is 5.69 Å². The zero-order chi connectivity index (χ0) is 12.5. The minimum Gasteiger partial charge on any atom is -0.476 e. The van der Waals surface area contributed by atoms with Gasteiger partial charge in [-0.3, -0.25) is 0 Å². The molecule has 18 heavy (non-hydrogen) atoms. The number of fused-ring (bicyclic) bond motifs is 2. The van der Waals surface area contributed by atoms with Crippen LogP contribution in [0.2, 0.25) is 0 Å². The fraction of sp³-hybridized carbons (Fsp3) is 0.571. The predicted octanol–water partition coefficient (Wildman–Crippen LogP) is 2.63. The first-order valence-electron chi connectivity index (χ1n) is 6.66. The highest BCUT2D eigenvalue weighted by molar-refractivity contribution is 5.91. The van der Waals surface area contributed by atoms with Crippen LogP contribution in [-0.4, -0.2) is 22.6 Å². The number of carboxylic acids is 1. The molecule has 1 aromatic heterocycles. The van der Waals surface area contributed by atoms with Crippen molar-refractivity contribution in [2.24, 2.45) is 17.8 Å². The lowest BCUT2D eigenvalue weighted by Gasteiger charge is -2.22. The van der Waals surface area contributed by atoms with Gasteiger partial charge in [0.25, 0.3) is 0 Å². The molecule has 0 amide bonds. The van der Waals surface area contributed by atoms with Crippen molar-refractivity contribution in [3.63, 3.8) is 0 Å². The highest BCUT2D eigenvalue weighted by Crippen LogP contribution is 2.48. The molecular formula is C14H18N2O2. The molecule has 96 valence electrons. The number of pyridine rings is 1. The summed E-state index contributed by atoms with van der Waals surface area (Å²) in [5.74, 6) is 1.53. The van der Waals surface area contributed by atoms with E-state index in [1.54, 1.807) is 12.1 Å². The molecule has 1 aromatic rings. The Kier molecular flexibility index (Phi) is 2.94. The lowest BCUT2D eigenvalue weighted by molar-refractivity contribution is 0.0691. The summed E-state index contributed by atoms with van der Waals surface area (Å²) in [5, 5.41) is 12.3. The van der Waals surface area contributed by atoms with E-state index in [0.717, 1.165) is 18.4 Å². The van der Waals surface area contributed by atoms with Crippen LogP contribution in [0, 0.1) is 17.8 Å². The molecule has 4 heteroatoms. The van der Waals surface area contributed by atoms with Crippen molar-refractivity contribution in [2.45, 2.75) is 25.7 Å². The minimum atomic E-state index is -0.967. The lowest BCUT2D eigenvalue weighted by Crippen LogP contribution is -2.21. The summed E-state index contributed by atoms with van der Waals surface area (Å²) in [5.41, 5.74) is 0.772. The SMILES string of the molecule is O=C(O)c1ncccc1NCC1CC2CCC1C2. The number of carboxylic acid groups (broad SMARTS) is 1. The van der Waals surface area contributed by atoms with Crippen LogP contribution in [0.1, 0.15) is 36.2 Å². The first kappa shape index (κ1) is 11.5. The van der Waals surface area contributed by atoms with E-state index in [2.05, 4.69) is 10.3 Å². The fourth-order valence-corrected chi connectivity index (χ4v) is 3.59. The number of anilines is 1. The van der Waals surface area contributed by atoms with E-state index < -0.39 is 5.97 Å². The molecule has 2 aliphatic carbocycles. The molecule has 4 nitrogen and oxygen atoms in total. The normalized spacial score (nSPS) is 29.4. The molecule has 0 saturated heterocycles. The van der Waals surface area contributed by atoms with Crippen LogP contribution in [0.25, 0.3) is 0 Å². The van der Waals surface area contributed by atoms with Crippen molar-refractivity contribution in [3.05, 3.63) is 24.0 Å². The number of rotatable bonds is 4. The Morgan fingerprint density at radius 1 is 1.44 bits per heavy atom. The number of nitrogens with zero attached hydrogens (tertiary/aromatic N) is 1. The molecule has 2 fully saturated rings. The number of aromatic carboxylic acids is 1. The molecule has 2 bridgehead atoms. The van der Waals surface area contributed by atoms with Gasteiger partial charge in [-0.25, -0.2) is 9.78 Å². The van der Waals surface area contributed by atoms with Gasteiger partial charge in [0, 0.05) is 12.7 Å². The van der Waals surface area contributed by atoms with Crippen molar-refractivity contribution in [3.8, 4) is 0 Å². The Hall–Kier alpha value is -1.58. The second-order valence-corrected chi connectivity index (χ2v) is 5.52. The molecule has 2 saturated carbocycles. The van der Waals surface area contributed by atoms with Crippen LogP contribution in [0.5, 0.6) is 0 Å². The van der Waals surface area contributed by atoms with Gasteiger partial charge in [-0.2, -0.15) is 0 Å². The molecule has 3 unspecified atom stereocenters. The Bertz CT molecular complexity index is 461. The van der Waals surface area contributed by atoms with Crippen LogP contribution in [0.4, 0.5) is 5.69 Å². The van der Waals surface area contributed by atoms with Gasteiger partial charge < -0.3 is 10.4 Å². The molecule has 1 heterocycles. The van der Waals surface area contributed by atoms with Crippen LogP contribution in [0.3, 0.4) is 0 Å². The highest BCUT2D eigenvalue weighted by Gasteiger charge is 2.39. The van der Waals surface area contributed by atoms with Crippen molar-refractivity contribution in [1.29, 1.82) is 0 Å². The van der Waals surface area contributed by atoms with Crippen LogP contribution >= 0.6 is 0 Å². The van der Waals surface area contributed by atoms with Crippen LogP contribution < -0.4 is 5.32 Å². The van der Waals surface area contributed by atoms with Gasteiger partial charge in [-0.15, -0.1) is 0 Å². The molecule has 0 aromatic carbocycles. The van der Waals surface area contributed by atoms with E-state index in [4.69, 9.17) is 5.11 Å². The van der Waals surface area contributed by atoms with Gasteiger partial charge in [0.2, 0.25) is 0 Å². The molecular weight excluding hydrogens is 228 g/mol. The van der Waals surface area contributed by atoms with E-state index in [9.17, 15) is 4.79 Å². The number of aromatic nitrogens is 1. The summed E-state index contributed by atoms with van der Waals surface area (Å²) in [6.07, 6.45) is 6.96. The standard InChI is InChI=1S/C14H18N2O2/c17-14(18)13-12(2-1-5-15-13)16-8-11-7-9-3-4-10(11)6-9/h1-2,5,9-11,16H,3-4,6-8H2,(H,17,18). The molecule has 3 atom stereocenters. The lowest BCUT2D eigenvalue weighted by atomic mass is 9.89. The van der Waals surface area contributed by atoms with Crippen molar-refractivity contribution in [2.75, 3.05) is 11.9 Å². The average Bonchev–Trinajstić information content (AvgIpc) is 2.98. The largest absolute Gasteiger partial charge is 0.476 e. The summed E-state index contributed by atoms with van der Waals surface area (Å²) >= 11 is 0. The number of hydrogen-bond donors (Lipinski definition) is 2. The van der Waals surface area contributed by atoms with E-state index >= 15 is 0 Å². The first-order chi connectivity index (χ1) is 8.74. The number of nitrogens with one attached hydrogen (secondary N) is 1. The highest BCUT2D eigenvalue weighted by atomic mass is 16.4. The van der Waals surface area contributed by atoms with Crippen molar-refractivity contribution < 1.29 is 9.90 Å². The fourth-order valence-electron chi connectivity index (χ4n) is 3.59. The third-order valence-corrected chi connectivity index (χ3v) is 4.45. The Morgan fingerprint density at radius 2 is 2.33 bits per heavy atom. The maximum atomic E-state index is 11.0. The maximum absolute atomic E-state index is 11.0. The third kappa shape index (κ3) is 2.07. The average molecular weight is 246 g/mol. The summed E-state index contributed by atoms with van der Waals surface area (Å²) in [6, 6.07) is 3.57. The van der Waals surface area contributed by atoms with Gasteiger partial charge in [0.1, 0.15) is 0 Å². The minimum absolute atomic E-state index is 0.126. The van der Waals surface area contributed by atoms with E-state index in [0.29, 0.717) is 11.6 Å². The molecule has 0 aliphatic heterocycles. The summed E-state index contributed by atoms with van der Waals surface area (Å²) < 4.78 is 0. The van der Waals surface area contributed by atoms with Crippen LogP contribution in [0.15, 0.2) is 18.3 Å². The Balaban J connectivity index is 1.65. The van der Waals surface area contributed by atoms with Gasteiger partial charge in [0.05, 0.1) is 5.69 Å². The summed E-state index contributed by atoms with van der Waals surface area (Å²) in [6.45, 7) is 0.882. The van der Waals surface area contributed by atoms with Gasteiger partial charge in [-0.05, 0) is 49.1 Å². The summed E-state index contributed by atoms with van der Waals surface area (Å²) in [4.78, 5) is 15.0. The molecule has 3 rings (SSSR count). The molecule has 0 spiro atoms. The molecule has 0 radical (unpaired) electrons. The second-order valence-electron chi connectivity index (χ2n) is 5.52. The first-order valence-corrected chi connectivity index (χ1v) is 6.66. The maximum Gasteiger partial charge on any atom is 0.356 e. The van der Waals surface area contributed by atoms with E-state index in [1.807, 2.05) is 0 Å². The Labute approximate surface area is 106 Å². The van der Waals surface area contributed by atoms with Gasteiger partial charge in [-0.1, -0.05) is 6.42 Å². The van der Waals surface area contributed by atoms with Crippen molar-refractivity contribution in [1.82, 2.24) is 4.98 Å². The smallest absolute Gasteiger partial charge is 0.356 e. The van der Waals surface area contributed by atoms with Crippen LogP contribution in [-0.2, 0) is 0 Å². The predicted molar refractivity (Wildman–Crippen MR) is 68.6 cm³/mol. The topological polar surface area (TPSA) is 62.2 Å². The third-order valence-electron chi connectivity index (χ3n) is 4.45. The monoisotopic (exact) mass is 246 g/mol. The molecule has 2 aliphatic rings. The number of carbonyl (C=O) groups is 1. The zero-order valence-corrected chi connectivity index (χ0v) is 10.3.